The molecule has 0 aromatic heterocycles. The molecule has 144 valence electrons. The molecular formula is C23H29NO3. The monoisotopic (exact) mass is 367 g/mol. The minimum absolute atomic E-state index is 0.0853. The lowest BCUT2D eigenvalue weighted by Gasteiger charge is -2.39. The quantitative estimate of drug-likeness (QED) is 0.794. The van der Waals surface area contributed by atoms with Gasteiger partial charge in [-0.05, 0) is 35.8 Å². The lowest BCUT2D eigenvalue weighted by Crippen LogP contribution is -2.38. The van der Waals surface area contributed by atoms with Crippen LogP contribution in [0.15, 0.2) is 46.8 Å². The van der Waals surface area contributed by atoms with Gasteiger partial charge in [0.15, 0.2) is 5.78 Å². The summed E-state index contributed by atoms with van der Waals surface area (Å²) in [7, 11) is 1.39. The maximum atomic E-state index is 13.1. The fraction of sp³-hybridized carbons (Fsp3) is 0.478. The standard InChI is InChI=1S/C23H29NO3/c1-13(2)15-7-9-16(10-8-15)20-19(22(26)27-6)14(3)24-17-11-23(4,5)12-18(25)21(17)20/h7-10,13,20,24H,11-12H2,1-6H3. The third kappa shape index (κ3) is 3.58. The van der Waals surface area contributed by atoms with Gasteiger partial charge >= 0.3 is 5.97 Å². The molecule has 0 radical (unpaired) electrons. The molecule has 3 rings (SSSR count). The number of carbonyl (C=O) groups excluding carboxylic acids is 2. The number of esters is 1. The molecule has 2 aliphatic rings. The van der Waals surface area contributed by atoms with Gasteiger partial charge in [-0.25, -0.2) is 4.79 Å². The van der Waals surface area contributed by atoms with Crippen LogP contribution in [0.4, 0.5) is 0 Å². The van der Waals surface area contributed by atoms with E-state index >= 15 is 0 Å². The van der Waals surface area contributed by atoms with Crippen LogP contribution >= 0.6 is 0 Å². The van der Waals surface area contributed by atoms with E-state index in [4.69, 9.17) is 4.74 Å². The van der Waals surface area contributed by atoms with Crippen molar-refractivity contribution in [2.24, 2.45) is 5.41 Å². The van der Waals surface area contributed by atoms with Crippen LogP contribution in [0.5, 0.6) is 0 Å². The first-order chi connectivity index (χ1) is 12.6. The Bertz CT molecular complexity index is 841. The molecule has 0 amide bonds. The van der Waals surface area contributed by atoms with Crippen molar-refractivity contribution in [2.45, 2.75) is 59.3 Å². The van der Waals surface area contributed by atoms with Crippen molar-refractivity contribution in [1.82, 2.24) is 5.32 Å². The molecule has 0 saturated carbocycles. The average Bonchev–Trinajstić information content (AvgIpc) is 2.58. The lowest BCUT2D eigenvalue weighted by atomic mass is 9.68. The van der Waals surface area contributed by atoms with Crippen LogP contribution in [0.1, 0.15) is 70.4 Å². The predicted molar refractivity (Wildman–Crippen MR) is 106 cm³/mol. The molecule has 1 aliphatic carbocycles. The summed E-state index contributed by atoms with van der Waals surface area (Å²) in [5.74, 6) is -0.225. The van der Waals surface area contributed by atoms with Gasteiger partial charge in [-0.2, -0.15) is 0 Å². The van der Waals surface area contributed by atoms with Crippen LogP contribution in [-0.4, -0.2) is 18.9 Å². The zero-order valence-electron chi connectivity index (χ0n) is 17.1. The second-order valence-electron chi connectivity index (χ2n) is 8.74. The van der Waals surface area contributed by atoms with E-state index in [1.807, 2.05) is 19.1 Å². The predicted octanol–water partition coefficient (Wildman–Crippen LogP) is 4.59. The Kier molecular flexibility index (Phi) is 5.02. The fourth-order valence-corrected chi connectivity index (χ4v) is 4.22. The summed E-state index contributed by atoms with van der Waals surface area (Å²) in [6.45, 7) is 10.4. The van der Waals surface area contributed by atoms with Crippen LogP contribution in [0.25, 0.3) is 0 Å². The van der Waals surface area contributed by atoms with E-state index in [0.29, 0.717) is 17.9 Å². The number of ether oxygens (including phenoxy) is 1. The molecule has 1 atom stereocenters. The van der Waals surface area contributed by atoms with Gasteiger partial charge in [0.05, 0.1) is 12.7 Å². The Hall–Kier alpha value is -2.36. The summed E-state index contributed by atoms with van der Waals surface area (Å²) in [4.78, 5) is 25.7. The molecule has 1 aromatic rings. The number of hydrogen-bond acceptors (Lipinski definition) is 4. The molecule has 1 unspecified atom stereocenters. The number of benzene rings is 1. The van der Waals surface area contributed by atoms with Crippen molar-refractivity contribution in [3.63, 3.8) is 0 Å². The molecule has 1 heterocycles. The van der Waals surface area contributed by atoms with Crippen molar-refractivity contribution >= 4 is 11.8 Å². The number of methoxy groups -OCH3 is 1. The van der Waals surface area contributed by atoms with Crippen molar-refractivity contribution in [1.29, 1.82) is 0 Å². The molecule has 4 heteroatoms. The van der Waals surface area contributed by atoms with Gasteiger partial charge in [0.25, 0.3) is 0 Å². The van der Waals surface area contributed by atoms with E-state index in [2.05, 4.69) is 45.1 Å². The van der Waals surface area contributed by atoms with Gasteiger partial charge in [0.1, 0.15) is 0 Å². The summed E-state index contributed by atoms with van der Waals surface area (Å²) >= 11 is 0. The first kappa shape index (κ1) is 19.4. The van der Waals surface area contributed by atoms with E-state index in [1.54, 1.807) is 0 Å². The third-order valence-corrected chi connectivity index (χ3v) is 5.58. The first-order valence-electron chi connectivity index (χ1n) is 9.57. The molecule has 1 N–H and O–H groups in total. The molecule has 4 nitrogen and oxygen atoms in total. The average molecular weight is 367 g/mol. The second kappa shape index (κ2) is 6.99. The Balaban J connectivity index is 2.16. The fourth-order valence-electron chi connectivity index (χ4n) is 4.22. The summed E-state index contributed by atoms with van der Waals surface area (Å²) in [6, 6.07) is 8.26. The van der Waals surface area contributed by atoms with E-state index in [-0.39, 0.29) is 23.1 Å². The van der Waals surface area contributed by atoms with Crippen LogP contribution < -0.4 is 5.32 Å². The zero-order chi connectivity index (χ0) is 19.9. The summed E-state index contributed by atoms with van der Waals surface area (Å²) in [6.07, 6.45) is 1.28. The normalized spacial score (nSPS) is 21.9. The highest BCUT2D eigenvalue weighted by molar-refractivity contribution is 6.04. The maximum Gasteiger partial charge on any atom is 0.336 e. The number of carbonyl (C=O) groups is 2. The minimum atomic E-state index is -0.387. The molecule has 1 aromatic carbocycles. The van der Waals surface area contributed by atoms with Gasteiger partial charge in [-0.15, -0.1) is 0 Å². The maximum absolute atomic E-state index is 13.1. The van der Waals surface area contributed by atoms with Gasteiger partial charge in [0, 0.05) is 29.3 Å². The molecule has 27 heavy (non-hydrogen) atoms. The second-order valence-corrected chi connectivity index (χ2v) is 8.74. The first-order valence-corrected chi connectivity index (χ1v) is 9.57. The smallest absolute Gasteiger partial charge is 0.336 e. The van der Waals surface area contributed by atoms with Gasteiger partial charge in [-0.1, -0.05) is 52.0 Å². The zero-order valence-corrected chi connectivity index (χ0v) is 17.1. The lowest BCUT2D eigenvalue weighted by molar-refractivity contribution is -0.136. The van der Waals surface area contributed by atoms with Crippen molar-refractivity contribution in [3.05, 3.63) is 57.9 Å². The van der Waals surface area contributed by atoms with Crippen LogP contribution in [0.3, 0.4) is 0 Å². The Morgan fingerprint density at radius 3 is 2.37 bits per heavy atom. The van der Waals surface area contributed by atoms with Gasteiger partial charge in [-0.3, -0.25) is 4.79 Å². The minimum Gasteiger partial charge on any atom is -0.466 e. The summed E-state index contributed by atoms with van der Waals surface area (Å²) in [5, 5.41) is 3.34. The molecular weight excluding hydrogens is 338 g/mol. The Labute approximate surface area is 161 Å². The summed E-state index contributed by atoms with van der Waals surface area (Å²) < 4.78 is 5.06. The van der Waals surface area contributed by atoms with E-state index in [0.717, 1.165) is 29.0 Å². The number of nitrogens with one attached hydrogen (secondary N) is 1. The highest BCUT2D eigenvalue weighted by Crippen LogP contribution is 2.46. The van der Waals surface area contributed by atoms with E-state index in [9.17, 15) is 9.59 Å². The van der Waals surface area contributed by atoms with Gasteiger partial charge in [0.2, 0.25) is 0 Å². The van der Waals surface area contributed by atoms with Gasteiger partial charge < -0.3 is 10.1 Å². The molecule has 1 aliphatic heterocycles. The number of ketones is 1. The Morgan fingerprint density at radius 2 is 1.81 bits per heavy atom. The number of allylic oxidation sites excluding steroid dienone is 3. The van der Waals surface area contributed by atoms with Crippen molar-refractivity contribution < 1.29 is 14.3 Å². The third-order valence-electron chi connectivity index (χ3n) is 5.58. The van der Waals surface area contributed by atoms with Crippen LogP contribution in [-0.2, 0) is 14.3 Å². The van der Waals surface area contributed by atoms with Crippen LogP contribution in [0, 0.1) is 5.41 Å². The highest BCUT2D eigenvalue weighted by Gasteiger charge is 2.42. The van der Waals surface area contributed by atoms with E-state index < -0.39 is 0 Å². The highest BCUT2D eigenvalue weighted by atomic mass is 16.5. The largest absolute Gasteiger partial charge is 0.466 e. The number of dihydropyridines is 1. The summed E-state index contributed by atoms with van der Waals surface area (Å²) in [5.41, 5.74) is 5.07. The number of Topliss-reactive ketones (excluding diaryl/α,β-unsaturated/α-hetero) is 1. The van der Waals surface area contributed by atoms with E-state index in [1.165, 1.54) is 12.7 Å². The Morgan fingerprint density at radius 1 is 1.19 bits per heavy atom. The number of rotatable bonds is 3. The topological polar surface area (TPSA) is 55.4 Å². The molecule has 0 fully saturated rings. The SMILES string of the molecule is COC(=O)C1=C(C)NC2=C(C(=O)CC(C)(C)C2)C1c1ccc(C(C)C)cc1. The van der Waals surface area contributed by atoms with Crippen molar-refractivity contribution in [3.8, 4) is 0 Å². The van der Waals surface area contributed by atoms with Crippen LogP contribution in [0.2, 0.25) is 0 Å². The number of hydrogen-bond donors (Lipinski definition) is 1. The van der Waals surface area contributed by atoms with Crippen molar-refractivity contribution in [2.75, 3.05) is 7.11 Å². The molecule has 0 spiro atoms. The molecule has 0 saturated heterocycles. The molecule has 0 bridgehead atoms.